The fourth-order valence-electron chi connectivity index (χ4n) is 1.79. The summed E-state index contributed by atoms with van der Waals surface area (Å²) in [6.07, 6.45) is 3.46. The van der Waals surface area contributed by atoms with E-state index >= 15 is 0 Å². The third kappa shape index (κ3) is 1.58. The molecule has 6 heteroatoms. The molecule has 0 aliphatic carbocycles. The minimum atomic E-state index is -0.0295. The Morgan fingerprint density at radius 2 is 2.06 bits per heavy atom. The van der Waals surface area contributed by atoms with Crippen molar-refractivity contribution in [1.29, 1.82) is 0 Å². The molecular formula is C10H13N5O. The first-order valence-electron chi connectivity index (χ1n) is 4.92. The largest absolute Gasteiger partial charge is 0.382 e. The van der Waals surface area contributed by atoms with Crippen molar-refractivity contribution in [2.24, 2.45) is 5.92 Å². The maximum absolute atomic E-state index is 11.8. The number of nitrogens with two attached hydrogens (primary N) is 2. The van der Waals surface area contributed by atoms with Crippen LogP contribution in [-0.4, -0.2) is 22.4 Å². The number of aromatic nitrogens is 2. The van der Waals surface area contributed by atoms with Crippen molar-refractivity contribution in [1.82, 2.24) is 9.97 Å². The van der Waals surface area contributed by atoms with Gasteiger partial charge in [-0.3, -0.25) is 4.79 Å². The molecular weight excluding hydrogens is 206 g/mol. The molecule has 1 fully saturated rings. The molecule has 1 amide bonds. The molecule has 0 radical (unpaired) electrons. The van der Waals surface area contributed by atoms with Crippen LogP contribution in [0, 0.1) is 5.92 Å². The third-order valence-electron chi connectivity index (χ3n) is 2.64. The van der Waals surface area contributed by atoms with Gasteiger partial charge in [0.15, 0.2) is 11.6 Å². The summed E-state index contributed by atoms with van der Waals surface area (Å²) in [5, 5.41) is 0. The van der Waals surface area contributed by atoms with Crippen LogP contribution in [0.4, 0.5) is 17.3 Å². The lowest BCUT2D eigenvalue weighted by Crippen LogP contribution is -2.27. The van der Waals surface area contributed by atoms with Crippen molar-refractivity contribution in [2.45, 2.75) is 6.42 Å². The summed E-state index contributed by atoms with van der Waals surface area (Å²) in [4.78, 5) is 21.0. The first-order valence-corrected chi connectivity index (χ1v) is 4.92. The third-order valence-corrected chi connectivity index (χ3v) is 2.64. The average Bonchev–Trinajstić information content (AvgIpc) is 2.60. The molecule has 84 valence electrons. The number of rotatable bonds is 2. The number of nitrogens with zero attached hydrogens (tertiary/aromatic N) is 3. The fourth-order valence-corrected chi connectivity index (χ4v) is 1.79. The van der Waals surface area contributed by atoms with Crippen molar-refractivity contribution in [3.8, 4) is 0 Å². The van der Waals surface area contributed by atoms with Gasteiger partial charge in [-0.15, -0.1) is 6.58 Å². The minimum absolute atomic E-state index is 0.0295. The highest BCUT2D eigenvalue weighted by Gasteiger charge is 2.31. The fraction of sp³-hybridized carbons (Fsp3) is 0.300. The Hall–Kier alpha value is -2.11. The topological polar surface area (TPSA) is 98.1 Å². The van der Waals surface area contributed by atoms with Gasteiger partial charge in [-0.25, -0.2) is 9.97 Å². The Morgan fingerprint density at radius 3 is 2.56 bits per heavy atom. The Morgan fingerprint density at radius 1 is 1.44 bits per heavy atom. The summed E-state index contributed by atoms with van der Waals surface area (Å²) >= 11 is 0. The van der Waals surface area contributed by atoms with Crippen LogP contribution >= 0.6 is 0 Å². The highest BCUT2D eigenvalue weighted by molar-refractivity contribution is 6.00. The van der Waals surface area contributed by atoms with Crippen molar-refractivity contribution in [2.75, 3.05) is 22.9 Å². The predicted molar refractivity (Wildman–Crippen MR) is 61.5 cm³/mol. The van der Waals surface area contributed by atoms with Crippen LogP contribution in [0.2, 0.25) is 0 Å². The van der Waals surface area contributed by atoms with Gasteiger partial charge in [-0.05, 0) is 0 Å². The van der Waals surface area contributed by atoms with E-state index in [1.165, 1.54) is 11.2 Å². The van der Waals surface area contributed by atoms with Gasteiger partial charge in [0.25, 0.3) is 0 Å². The number of amides is 1. The van der Waals surface area contributed by atoms with Gasteiger partial charge < -0.3 is 16.4 Å². The van der Waals surface area contributed by atoms with E-state index in [0.717, 1.165) is 0 Å². The number of carbonyl (C=O) groups excluding carboxylic acids is 1. The second kappa shape index (κ2) is 3.80. The van der Waals surface area contributed by atoms with Gasteiger partial charge in [-0.1, -0.05) is 6.08 Å². The SMILES string of the molecule is C=CC1CC(=O)N(c2c(N)ncnc2N)C1. The van der Waals surface area contributed by atoms with E-state index < -0.39 is 0 Å². The van der Waals surface area contributed by atoms with Crippen LogP contribution in [-0.2, 0) is 4.79 Å². The normalized spacial score (nSPS) is 20.1. The Bertz CT molecular complexity index is 425. The minimum Gasteiger partial charge on any atom is -0.382 e. The second-order valence-corrected chi connectivity index (χ2v) is 3.70. The van der Waals surface area contributed by atoms with Gasteiger partial charge in [0, 0.05) is 18.9 Å². The summed E-state index contributed by atoms with van der Waals surface area (Å²) in [5.74, 6) is 0.556. The van der Waals surface area contributed by atoms with Crippen LogP contribution in [0.3, 0.4) is 0 Å². The van der Waals surface area contributed by atoms with Crippen LogP contribution in [0.25, 0.3) is 0 Å². The van der Waals surface area contributed by atoms with Crippen LogP contribution < -0.4 is 16.4 Å². The molecule has 0 bridgehead atoms. The summed E-state index contributed by atoms with van der Waals surface area (Å²) in [6.45, 7) is 4.21. The molecule has 1 saturated heterocycles. The number of carbonyl (C=O) groups is 1. The maximum Gasteiger partial charge on any atom is 0.227 e. The highest BCUT2D eigenvalue weighted by Crippen LogP contribution is 2.32. The van der Waals surface area contributed by atoms with E-state index in [-0.39, 0.29) is 23.5 Å². The Balaban J connectivity index is 2.38. The monoisotopic (exact) mass is 219 g/mol. The zero-order valence-electron chi connectivity index (χ0n) is 8.76. The lowest BCUT2D eigenvalue weighted by atomic mass is 10.1. The van der Waals surface area contributed by atoms with Crippen LogP contribution in [0.5, 0.6) is 0 Å². The van der Waals surface area contributed by atoms with E-state index in [4.69, 9.17) is 11.5 Å². The van der Waals surface area contributed by atoms with E-state index in [9.17, 15) is 4.79 Å². The maximum atomic E-state index is 11.8. The molecule has 1 aromatic rings. The Kier molecular flexibility index (Phi) is 2.47. The van der Waals surface area contributed by atoms with Crippen LogP contribution in [0.1, 0.15) is 6.42 Å². The van der Waals surface area contributed by atoms with Crippen molar-refractivity contribution < 1.29 is 4.79 Å². The smallest absolute Gasteiger partial charge is 0.227 e. The van der Waals surface area contributed by atoms with E-state index in [0.29, 0.717) is 18.7 Å². The second-order valence-electron chi connectivity index (χ2n) is 3.70. The lowest BCUT2D eigenvalue weighted by molar-refractivity contribution is -0.117. The first kappa shape index (κ1) is 10.4. The summed E-state index contributed by atoms with van der Waals surface area (Å²) < 4.78 is 0. The number of hydrogen-bond acceptors (Lipinski definition) is 5. The number of hydrogen-bond donors (Lipinski definition) is 2. The molecule has 2 heterocycles. The van der Waals surface area contributed by atoms with Gasteiger partial charge in [0.1, 0.15) is 12.0 Å². The highest BCUT2D eigenvalue weighted by atomic mass is 16.2. The summed E-state index contributed by atoms with van der Waals surface area (Å²) in [7, 11) is 0. The molecule has 1 aliphatic heterocycles. The summed E-state index contributed by atoms with van der Waals surface area (Å²) in [5.41, 5.74) is 11.8. The van der Waals surface area contributed by atoms with E-state index in [1.807, 2.05) is 0 Å². The standard InChI is InChI=1S/C10H13N5O/c1-2-6-3-7(16)15(4-6)8-9(11)13-5-14-10(8)12/h2,5-6H,1,3-4H2,(H4,11,12,13,14). The first-order chi connectivity index (χ1) is 7.63. The molecule has 4 N–H and O–H groups in total. The molecule has 2 rings (SSSR count). The molecule has 0 aromatic carbocycles. The molecule has 0 spiro atoms. The van der Waals surface area contributed by atoms with Gasteiger partial charge in [-0.2, -0.15) is 0 Å². The average molecular weight is 219 g/mol. The van der Waals surface area contributed by atoms with E-state index in [2.05, 4.69) is 16.5 Å². The zero-order valence-corrected chi connectivity index (χ0v) is 8.76. The lowest BCUT2D eigenvalue weighted by Gasteiger charge is -2.18. The number of anilines is 3. The van der Waals surface area contributed by atoms with Crippen molar-refractivity contribution in [3.05, 3.63) is 19.0 Å². The molecule has 1 aliphatic rings. The molecule has 16 heavy (non-hydrogen) atoms. The Labute approximate surface area is 93.0 Å². The number of nitrogen functional groups attached to an aromatic ring is 2. The molecule has 0 saturated carbocycles. The predicted octanol–water partition coefficient (Wildman–Crippen LogP) is 0.180. The summed E-state index contributed by atoms with van der Waals surface area (Å²) in [6, 6.07) is 0. The van der Waals surface area contributed by atoms with Crippen molar-refractivity contribution >= 4 is 23.2 Å². The van der Waals surface area contributed by atoms with Crippen LogP contribution in [0.15, 0.2) is 19.0 Å². The zero-order chi connectivity index (χ0) is 11.7. The van der Waals surface area contributed by atoms with Gasteiger partial charge in [0.05, 0.1) is 0 Å². The van der Waals surface area contributed by atoms with Crippen molar-refractivity contribution in [3.63, 3.8) is 0 Å². The quantitative estimate of drug-likeness (QED) is 0.691. The molecule has 1 unspecified atom stereocenters. The molecule has 1 atom stereocenters. The molecule has 1 aromatic heterocycles. The van der Waals surface area contributed by atoms with Gasteiger partial charge >= 0.3 is 0 Å². The molecule has 6 nitrogen and oxygen atoms in total. The van der Waals surface area contributed by atoms with Gasteiger partial charge in [0.2, 0.25) is 5.91 Å². The van der Waals surface area contributed by atoms with E-state index in [1.54, 1.807) is 6.08 Å².